The van der Waals surface area contributed by atoms with Crippen molar-refractivity contribution in [2.75, 3.05) is 18.5 Å². The molecule has 0 heterocycles. The first-order valence-electron chi connectivity index (χ1n) is 7.65. The van der Waals surface area contributed by atoms with Crippen molar-refractivity contribution in [3.8, 4) is 5.75 Å². The van der Waals surface area contributed by atoms with Gasteiger partial charge in [-0.1, -0.05) is 24.3 Å². The zero-order valence-electron chi connectivity index (χ0n) is 13.9. The maximum atomic E-state index is 11.7. The summed E-state index contributed by atoms with van der Waals surface area (Å²) in [4.78, 5) is 13.5. The van der Waals surface area contributed by atoms with Crippen LogP contribution in [0.15, 0.2) is 65.3 Å². The van der Waals surface area contributed by atoms with Gasteiger partial charge in [0.25, 0.3) is 0 Å². The summed E-state index contributed by atoms with van der Waals surface area (Å²) in [5, 5.41) is 18.3. The summed E-state index contributed by atoms with van der Waals surface area (Å²) >= 11 is 0. The molecule has 0 bridgehead atoms. The van der Waals surface area contributed by atoms with Crippen molar-refractivity contribution in [3.05, 3.63) is 60.7 Å². The molecule has 24 heavy (non-hydrogen) atoms. The fraction of sp³-hybridized carbons (Fsp3) is 0.211. The SMILES string of the molecule is C=CCC(=O)CN(C)c1ccc(O)c(N=Nc2ccccc2C)c1. The topological polar surface area (TPSA) is 65.3 Å². The Morgan fingerprint density at radius 3 is 2.62 bits per heavy atom. The van der Waals surface area contributed by atoms with E-state index in [1.165, 1.54) is 0 Å². The normalized spacial score (nSPS) is 10.8. The van der Waals surface area contributed by atoms with E-state index in [1.807, 2.05) is 38.2 Å². The molecule has 0 aliphatic rings. The average Bonchev–Trinajstić information content (AvgIpc) is 2.55. The maximum absolute atomic E-state index is 11.7. The number of aromatic hydroxyl groups is 1. The van der Waals surface area contributed by atoms with Crippen molar-refractivity contribution >= 4 is 22.8 Å². The summed E-state index contributed by atoms with van der Waals surface area (Å²) < 4.78 is 0. The van der Waals surface area contributed by atoms with E-state index in [1.54, 1.807) is 29.2 Å². The molecular formula is C19H21N3O2. The van der Waals surface area contributed by atoms with Crippen LogP contribution in [0.4, 0.5) is 17.1 Å². The number of rotatable bonds is 7. The molecule has 0 atom stereocenters. The van der Waals surface area contributed by atoms with Crippen LogP contribution in [0.1, 0.15) is 12.0 Å². The highest BCUT2D eigenvalue weighted by atomic mass is 16.3. The first-order valence-corrected chi connectivity index (χ1v) is 7.65. The quantitative estimate of drug-likeness (QED) is 0.593. The average molecular weight is 323 g/mol. The summed E-state index contributed by atoms with van der Waals surface area (Å²) in [6, 6.07) is 12.6. The molecule has 5 heteroatoms. The minimum Gasteiger partial charge on any atom is -0.506 e. The standard InChI is InChI=1S/C19H21N3O2/c1-4-7-16(23)13-22(3)15-10-11-19(24)18(12-15)21-20-17-9-6-5-8-14(17)2/h4-6,8-12,24H,1,7,13H2,2-3H3. The van der Waals surface area contributed by atoms with Crippen LogP contribution in [0.5, 0.6) is 5.75 Å². The van der Waals surface area contributed by atoms with E-state index in [4.69, 9.17) is 0 Å². The number of phenolic OH excluding ortho intramolecular Hbond substituents is 1. The lowest BCUT2D eigenvalue weighted by Crippen LogP contribution is -2.24. The summed E-state index contributed by atoms with van der Waals surface area (Å²) in [6.07, 6.45) is 1.93. The molecule has 5 nitrogen and oxygen atoms in total. The number of Topliss-reactive ketones (excluding diaryl/α,β-unsaturated/α-hetero) is 1. The molecule has 1 N–H and O–H groups in total. The van der Waals surface area contributed by atoms with Crippen LogP contribution in [0.3, 0.4) is 0 Å². The molecule has 0 radical (unpaired) electrons. The van der Waals surface area contributed by atoms with Gasteiger partial charge in [0.05, 0.1) is 12.2 Å². The van der Waals surface area contributed by atoms with Crippen molar-refractivity contribution < 1.29 is 9.90 Å². The summed E-state index contributed by atoms with van der Waals surface area (Å²) in [5.74, 6) is 0.116. The van der Waals surface area contributed by atoms with Gasteiger partial charge in [0.1, 0.15) is 11.4 Å². The largest absolute Gasteiger partial charge is 0.506 e. The monoisotopic (exact) mass is 323 g/mol. The number of carbonyl (C=O) groups is 1. The molecule has 0 aliphatic heterocycles. The molecule has 0 saturated heterocycles. The van der Waals surface area contributed by atoms with Crippen LogP contribution in [0.25, 0.3) is 0 Å². The Morgan fingerprint density at radius 2 is 1.92 bits per heavy atom. The number of anilines is 1. The van der Waals surface area contributed by atoms with Crippen molar-refractivity contribution in [1.29, 1.82) is 0 Å². The van der Waals surface area contributed by atoms with Crippen LogP contribution in [0.2, 0.25) is 0 Å². The molecule has 0 spiro atoms. The van der Waals surface area contributed by atoms with E-state index in [0.29, 0.717) is 12.1 Å². The lowest BCUT2D eigenvalue weighted by molar-refractivity contribution is -0.116. The predicted octanol–water partition coefficient (Wildman–Crippen LogP) is 4.70. The minimum atomic E-state index is 0.0434. The van der Waals surface area contributed by atoms with Gasteiger partial charge in [-0.2, -0.15) is 5.11 Å². The van der Waals surface area contributed by atoms with E-state index in [2.05, 4.69) is 16.8 Å². The highest BCUT2D eigenvalue weighted by Crippen LogP contribution is 2.32. The fourth-order valence-electron chi connectivity index (χ4n) is 2.19. The lowest BCUT2D eigenvalue weighted by atomic mass is 10.2. The second kappa shape index (κ2) is 8.06. The molecule has 0 saturated carbocycles. The van der Waals surface area contributed by atoms with Gasteiger partial charge in [0, 0.05) is 19.2 Å². The molecule has 0 unspecified atom stereocenters. The number of nitrogens with zero attached hydrogens (tertiary/aromatic N) is 3. The van der Waals surface area contributed by atoms with E-state index >= 15 is 0 Å². The number of hydrogen-bond donors (Lipinski definition) is 1. The molecule has 0 amide bonds. The smallest absolute Gasteiger partial charge is 0.155 e. The lowest BCUT2D eigenvalue weighted by Gasteiger charge is -2.18. The Hall–Kier alpha value is -2.95. The van der Waals surface area contributed by atoms with Crippen molar-refractivity contribution in [3.63, 3.8) is 0 Å². The summed E-state index contributed by atoms with van der Waals surface area (Å²) in [7, 11) is 1.82. The van der Waals surface area contributed by atoms with E-state index in [9.17, 15) is 9.90 Å². The molecule has 0 aromatic heterocycles. The van der Waals surface area contributed by atoms with Crippen molar-refractivity contribution in [1.82, 2.24) is 0 Å². The van der Waals surface area contributed by atoms with E-state index in [0.717, 1.165) is 16.9 Å². The Balaban J connectivity index is 2.21. The molecule has 124 valence electrons. The maximum Gasteiger partial charge on any atom is 0.155 e. The number of aryl methyl sites for hydroxylation is 1. The number of allylic oxidation sites excluding steroid dienone is 1. The number of carbonyl (C=O) groups excluding carboxylic acids is 1. The molecule has 0 fully saturated rings. The van der Waals surface area contributed by atoms with Gasteiger partial charge < -0.3 is 10.0 Å². The number of azo groups is 1. The van der Waals surface area contributed by atoms with Gasteiger partial charge in [0.15, 0.2) is 5.78 Å². The van der Waals surface area contributed by atoms with Gasteiger partial charge in [-0.05, 0) is 36.8 Å². The first kappa shape index (κ1) is 17.4. The number of hydrogen-bond acceptors (Lipinski definition) is 5. The van der Waals surface area contributed by atoms with Gasteiger partial charge in [-0.3, -0.25) is 4.79 Å². The van der Waals surface area contributed by atoms with E-state index in [-0.39, 0.29) is 18.1 Å². The predicted molar refractivity (Wildman–Crippen MR) is 96.6 cm³/mol. The van der Waals surface area contributed by atoms with Gasteiger partial charge in [0.2, 0.25) is 0 Å². The van der Waals surface area contributed by atoms with Crippen molar-refractivity contribution in [2.45, 2.75) is 13.3 Å². The van der Waals surface area contributed by atoms with Crippen LogP contribution in [-0.4, -0.2) is 24.5 Å². The third-order valence-corrected chi connectivity index (χ3v) is 3.57. The Morgan fingerprint density at radius 1 is 1.21 bits per heavy atom. The molecule has 2 aromatic carbocycles. The second-order valence-corrected chi connectivity index (χ2v) is 5.55. The molecule has 0 aliphatic carbocycles. The van der Waals surface area contributed by atoms with Crippen molar-refractivity contribution in [2.24, 2.45) is 10.2 Å². The molecule has 2 rings (SSSR count). The zero-order valence-corrected chi connectivity index (χ0v) is 13.9. The highest BCUT2D eigenvalue weighted by Gasteiger charge is 2.09. The summed E-state index contributed by atoms with van der Waals surface area (Å²) in [5.41, 5.74) is 2.89. The number of ketones is 1. The van der Waals surface area contributed by atoms with Gasteiger partial charge >= 0.3 is 0 Å². The Labute approximate surface area is 142 Å². The highest BCUT2D eigenvalue weighted by molar-refractivity contribution is 5.84. The van der Waals surface area contributed by atoms with Crippen LogP contribution >= 0.6 is 0 Å². The number of likely N-dealkylation sites (N-methyl/N-ethyl adjacent to an activating group) is 1. The van der Waals surface area contributed by atoms with E-state index < -0.39 is 0 Å². The molecule has 2 aromatic rings. The minimum absolute atomic E-state index is 0.0434. The Kier molecular flexibility index (Phi) is 5.84. The first-order chi connectivity index (χ1) is 11.5. The number of phenols is 1. The van der Waals surface area contributed by atoms with Crippen LogP contribution < -0.4 is 4.90 Å². The Bertz CT molecular complexity index is 769. The third-order valence-electron chi connectivity index (χ3n) is 3.57. The van der Waals surface area contributed by atoms with Crippen LogP contribution in [-0.2, 0) is 4.79 Å². The van der Waals surface area contributed by atoms with Crippen LogP contribution in [0, 0.1) is 6.92 Å². The van der Waals surface area contributed by atoms with Gasteiger partial charge in [-0.15, -0.1) is 11.7 Å². The van der Waals surface area contributed by atoms with Gasteiger partial charge in [-0.25, -0.2) is 0 Å². The summed E-state index contributed by atoms with van der Waals surface area (Å²) in [6.45, 7) is 5.78. The third kappa shape index (κ3) is 4.52. The second-order valence-electron chi connectivity index (χ2n) is 5.55. The number of benzene rings is 2. The fourth-order valence-corrected chi connectivity index (χ4v) is 2.19. The molecular weight excluding hydrogens is 302 g/mol. The zero-order chi connectivity index (χ0) is 17.5.